The van der Waals surface area contributed by atoms with Gasteiger partial charge in [-0.3, -0.25) is 9.48 Å². The van der Waals surface area contributed by atoms with Crippen molar-refractivity contribution in [3.05, 3.63) is 35.9 Å². The number of hydrazone groups is 1. The Balaban J connectivity index is 1.96. The van der Waals surface area contributed by atoms with Crippen molar-refractivity contribution in [2.75, 3.05) is 0 Å². The molecule has 1 amide bonds. The normalized spacial score (nSPS) is 18.6. The zero-order valence-corrected chi connectivity index (χ0v) is 12.7. The van der Waals surface area contributed by atoms with Crippen LogP contribution in [0.5, 0.6) is 0 Å². The lowest BCUT2D eigenvalue weighted by molar-refractivity contribution is -0.118. The maximum atomic E-state index is 12.2. The van der Waals surface area contributed by atoms with E-state index in [9.17, 15) is 4.79 Å². The summed E-state index contributed by atoms with van der Waals surface area (Å²) >= 11 is 0. The van der Waals surface area contributed by atoms with Crippen molar-refractivity contribution in [3.8, 4) is 0 Å². The first-order chi connectivity index (χ1) is 9.84. The molecule has 0 bridgehead atoms. The molecule has 21 heavy (non-hydrogen) atoms. The summed E-state index contributed by atoms with van der Waals surface area (Å²) in [6.45, 7) is 8.19. The predicted octanol–water partition coefficient (Wildman–Crippen LogP) is 2.03. The first-order valence-electron chi connectivity index (χ1n) is 6.97. The molecule has 0 saturated heterocycles. The molecular weight excluding hydrogens is 266 g/mol. The van der Waals surface area contributed by atoms with E-state index in [0.29, 0.717) is 17.8 Å². The minimum atomic E-state index is -0.132. The molecule has 0 aromatic carbocycles. The molecule has 0 saturated carbocycles. The molecule has 1 aromatic rings. The highest BCUT2D eigenvalue weighted by molar-refractivity contribution is 6.02. The fourth-order valence-electron chi connectivity index (χ4n) is 2.23. The van der Waals surface area contributed by atoms with Crippen molar-refractivity contribution in [3.63, 3.8) is 0 Å². The van der Waals surface area contributed by atoms with E-state index in [1.807, 2.05) is 30.1 Å². The van der Waals surface area contributed by atoms with Crippen molar-refractivity contribution in [1.29, 1.82) is 0 Å². The van der Waals surface area contributed by atoms with Gasteiger partial charge in [0.2, 0.25) is 0 Å². The summed E-state index contributed by atoms with van der Waals surface area (Å²) in [7, 11) is 0. The van der Waals surface area contributed by atoms with Crippen LogP contribution in [0.25, 0.3) is 5.70 Å². The standard InChI is InChI=1S/C15H19N5O/c1-10-5-6-13-14(21)17-12(9-19(13)18-10)11-7-16-20(8-11)15(2,3)4/h6-9H,5H2,1-4H3,(H,17,21). The van der Waals surface area contributed by atoms with Crippen molar-refractivity contribution in [2.45, 2.75) is 39.7 Å². The summed E-state index contributed by atoms with van der Waals surface area (Å²) in [5.74, 6) is -0.132. The van der Waals surface area contributed by atoms with E-state index in [1.165, 1.54) is 0 Å². The van der Waals surface area contributed by atoms with Crippen LogP contribution < -0.4 is 5.32 Å². The Morgan fingerprint density at radius 1 is 1.33 bits per heavy atom. The van der Waals surface area contributed by atoms with E-state index >= 15 is 0 Å². The summed E-state index contributed by atoms with van der Waals surface area (Å²) in [4.78, 5) is 12.2. The molecule has 2 aliphatic rings. The van der Waals surface area contributed by atoms with Gasteiger partial charge in [0.15, 0.2) is 0 Å². The van der Waals surface area contributed by atoms with Gasteiger partial charge in [-0.2, -0.15) is 10.2 Å². The van der Waals surface area contributed by atoms with Gasteiger partial charge < -0.3 is 5.32 Å². The van der Waals surface area contributed by atoms with Crippen molar-refractivity contribution in [1.82, 2.24) is 20.1 Å². The van der Waals surface area contributed by atoms with Crippen LogP contribution in [0.15, 0.2) is 35.5 Å². The van der Waals surface area contributed by atoms with Gasteiger partial charge in [-0.05, 0) is 33.8 Å². The van der Waals surface area contributed by atoms with E-state index < -0.39 is 0 Å². The first kappa shape index (κ1) is 13.6. The molecule has 1 aromatic heterocycles. The Kier molecular flexibility index (Phi) is 2.97. The number of hydrogen-bond acceptors (Lipinski definition) is 4. The van der Waals surface area contributed by atoms with Gasteiger partial charge in [0.1, 0.15) is 5.70 Å². The molecule has 6 nitrogen and oxygen atoms in total. The molecule has 0 aliphatic carbocycles. The molecule has 110 valence electrons. The molecule has 3 heterocycles. The lowest BCUT2D eigenvalue weighted by Crippen LogP contribution is -2.36. The van der Waals surface area contributed by atoms with Gasteiger partial charge in [0, 0.05) is 23.9 Å². The molecule has 0 unspecified atom stereocenters. The average Bonchev–Trinajstić information content (AvgIpc) is 2.87. The highest BCUT2D eigenvalue weighted by atomic mass is 16.2. The van der Waals surface area contributed by atoms with Crippen LogP contribution in [0, 0.1) is 0 Å². The summed E-state index contributed by atoms with van der Waals surface area (Å²) in [5.41, 5.74) is 3.05. The van der Waals surface area contributed by atoms with Crippen LogP contribution in [-0.2, 0) is 10.3 Å². The molecular formula is C15H19N5O. The molecule has 0 radical (unpaired) electrons. The lowest BCUT2D eigenvalue weighted by Gasteiger charge is -2.27. The van der Waals surface area contributed by atoms with Gasteiger partial charge in [0.25, 0.3) is 5.91 Å². The van der Waals surface area contributed by atoms with Crippen LogP contribution in [0.4, 0.5) is 0 Å². The monoisotopic (exact) mass is 285 g/mol. The number of nitrogens with one attached hydrogen (secondary N) is 1. The molecule has 0 spiro atoms. The Labute approximate surface area is 123 Å². The van der Waals surface area contributed by atoms with Crippen LogP contribution in [-0.4, -0.2) is 26.4 Å². The molecule has 2 aliphatic heterocycles. The van der Waals surface area contributed by atoms with Crippen LogP contribution in [0.3, 0.4) is 0 Å². The fourth-order valence-corrected chi connectivity index (χ4v) is 2.23. The summed E-state index contributed by atoms with van der Waals surface area (Å²) < 4.78 is 1.88. The highest BCUT2D eigenvalue weighted by Crippen LogP contribution is 2.24. The van der Waals surface area contributed by atoms with E-state index in [-0.39, 0.29) is 11.4 Å². The zero-order chi connectivity index (χ0) is 15.2. The third-order valence-electron chi connectivity index (χ3n) is 3.43. The number of hydrogen-bond donors (Lipinski definition) is 1. The highest BCUT2D eigenvalue weighted by Gasteiger charge is 2.26. The number of carbonyl (C=O) groups excluding carboxylic acids is 1. The van der Waals surface area contributed by atoms with E-state index in [1.54, 1.807) is 11.2 Å². The van der Waals surface area contributed by atoms with E-state index in [2.05, 4.69) is 36.3 Å². The number of nitrogens with zero attached hydrogens (tertiary/aromatic N) is 4. The van der Waals surface area contributed by atoms with Gasteiger partial charge in [-0.15, -0.1) is 0 Å². The quantitative estimate of drug-likeness (QED) is 0.858. The minimum Gasteiger partial charge on any atom is -0.319 e. The van der Waals surface area contributed by atoms with Crippen molar-refractivity contribution >= 4 is 17.3 Å². The van der Waals surface area contributed by atoms with Gasteiger partial charge in [-0.25, -0.2) is 5.01 Å². The van der Waals surface area contributed by atoms with Gasteiger partial charge in [-0.1, -0.05) is 0 Å². The SMILES string of the molecule is CC1=NN2C=C(c3cnn(C(C)(C)C)c3)NC(=O)C2=CC1. The Morgan fingerprint density at radius 2 is 2.10 bits per heavy atom. The van der Waals surface area contributed by atoms with Crippen LogP contribution in [0.1, 0.15) is 39.7 Å². The van der Waals surface area contributed by atoms with Crippen molar-refractivity contribution < 1.29 is 4.79 Å². The Bertz CT molecular complexity index is 687. The lowest BCUT2D eigenvalue weighted by atomic mass is 10.1. The van der Waals surface area contributed by atoms with Gasteiger partial charge in [0.05, 0.1) is 23.6 Å². The van der Waals surface area contributed by atoms with Crippen LogP contribution >= 0.6 is 0 Å². The molecule has 0 atom stereocenters. The summed E-state index contributed by atoms with van der Waals surface area (Å²) in [5, 5.41) is 13.3. The van der Waals surface area contributed by atoms with E-state index in [0.717, 1.165) is 11.3 Å². The third kappa shape index (κ3) is 2.49. The van der Waals surface area contributed by atoms with Crippen molar-refractivity contribution in [2.24, 2.45) is 5.10 Å². The largest absolute Gasteiger partial charge is 0.319 e. The number of carbonyl (C=O) groups is 1. The number of rotatable bonds is 1. The first-order valence-corrected chi connectivity index (χ1v) is 6.97. The fraction of sp³-hybridized carbons (Fsp3) is 0.400. The predicted molar refractivity (Wildman–Crippen MR) is 81.0 cm³/mol. The maximum absolute atomic E-state index is 12.2. The topological polar surface area (TPSA) is 62.5 Å². The Hall–Kier alpha value is -2.37. The molecule has 1 N–H and O–H groups in total. The molecule has 3 rings (SSSR count). The zero-order valence-electron chi connectivity index (χ0n) is 12.7. The molecule has 0 fully saturated rings. The summed E-state index contributed by atoms with van der Waals surface area (Å²) in [6, 6.07) is 0. The number of aromatic nitrogens is 2. The second-order valence-electron chi connectivity index (χ2n) is 6.31. The molecule has 6 heteroatoms. The summed E-state index contributed by atoms with van der Waals surface area (Å²) in [6.07, 6.45) is 8.13. The van der Waals surface area contributed by atoms with Crippen LogP contribution in [0.2, 0.25) is 0 Å². The number of allylic oxidation sites excluding steroid dienone is 1. The number of amides is 1. The smallest absolute Gasteiger partial charge is 0.274 e. The second-order valence-corrected chi connectivity index (χ2v) is 6.31. The second kappa shape index (κ2) is 4.58. The minimum absolute atomic E-state index is 0.0948. The third-order valence-corrected chi connectivity index (χ3v) is 3.43. The van der Waals surface area contributed by atoms with Gasteiger partial charge >= 0.3 is 0 Å². The van der Waals surface area contributed by atoms with E-state index in [4.69, 9.17) is 0 Å². The maximum Gasteiger partial charge on any atom is 0.274 e. The number of fused-ring (bicyclic) bond motifs is 1. The average molecular weight is 285 g/mol. The Morgan fingerprint density at radius 3 is 2.76 bits per heavy atom.